The number of benzene rings is 1. The molecule has 1 rings (SSSR count). The van der Waals surface area contributed by atoms with Crippen LogP contribution in [0.2, 0.25) is 0 Å². The Balaban J connectivity index is 3.01. The highest BCUT2D eigenvalue weighted by molar-refractivity contribution is 5.96. The molecule has 0 saturated carbocycles. The molecule has 17 heavy (non-hydrogen) atoms. The second-order valence-corrected chi connectivity index (χ2v) is 3.41. The van der Waals surface area contributed by atoms with E-state index in [1.54, 1.807) is 0 Å². The summed E-state index contributed by atoms with van der Waals surface area (Å²) in [5.74, 6) is 4.22. The molecule has 0 aliphatic rings. The number of halogens is 1. The average Bonchev–Trinajstić information content (AvgIpc) is 2.33. The summed E-state index contributed by atoms with van der Waals surface area (Å²) in [4.78, 5) is 11.7. The van der Waals surface area contributed by atoms with Gasteiger partial charge in [-0.05, 0) is 24.6 Å². The van der Waals surface area contributed by atoms with Crippen LogP contribution in [0.1, 0.15) is 29.3 Å². The van der Waals surface area contributed by atoms with Gasteiger partial charge in [0.1, 0.15) is 12.4 Å². The lowest BCUT2D eigenvalue weighted by Gasteiger charge is -2.05. The van der Waals surface area contributed by atoms with Crippen LogP contribution in [-0.4, -0.2) is 24.2 Å². The Morgan fingerprint density at radius 1 is 1.53 bits per heavy atom. The van der Waals surface area contributed by atoms with Crippen molar-refractivity contribution in [2.24, 2.45) is 0 Å². The molecule has 0 unspecified atom stereocenters. The highest BCUT2D eigenvalue weighted by atomic mass is 19.1. The van der Waals surface area contributed by atoms with Gasteiger partial charge in [0.05, 0.1) is 5.56 Å². The predicted molar refractivity (Wildman–Crippen MR) is 63.0 cm³/mol. The first kappa shape index (κ1) is 13.2. The minimum atomic E-state index is -0.459. The fraction of sp³-hybridized carbons (Fsp3) is 0.308. The average molecular weight is 235 g/mol. The molecule has 0 spiro atoms. The molecular formula is C13H14FNO2. The monoisotopic (exact) mass is 235 g/mol. The molecular weight excluding hydrogens is 221 g/mol. The van der Waals surface area contributed by atoms with Gasteiger partial charge in [-0.3, -0.25) is 4.79 Å². The molecule has 2 N–H and O–H groups in total. The minimum absolute atomic E-state index is 0.283. The maximum absolute atomic E-state index is 13.0. The van der Waals surface area contributed by atoms with Gasteiger partial charge in [0.2, 0.25) is 0 Å². The number of rotatable bonds is 3. The number of nitrogens with one attached hydrogen (secondary N) is 1. The normalized spacial score (nSPS) is 9.35. The van der Waals surface area contributed by atoms with E-state index in [9.17, 15) is 9.18 Å². The maximum Gasteiger partial charge on any atom is 0.252 e. The van der Waals surface area contributed by atoms with Gasteiger partial charge in [-0.15, -0.1) is 0 Å². The SMILES string of the molecule is CCCNC(=O)c1ccc(F)cc1C#CCO. The van der Waals surface area contributed by atoms with Crippen molar-refractivity contribution in [3.05, 3.63) is 35.1 Å². The van der Waals surface area contributed by atoms with Crippen molar-refractivity contribution in [3.63, 3.8) is 0 Å². The molecule has 0 aliphatic carbocycles. The first-order chi connectivity index (χ1) is 8.19. The molecule has 1 aromatic rings. The summed E-state index contributed by atoms with van der Waals surface area (Å²) in [5, 5.41) is 11.3. The quantitative estimate of drug-likeness (QED) is 0.776. The number of aliphatic hydroxyl groups excluding tert-OH is 1. The molecule has 4 heteroatoms. The highest BCUT2D eigenvalue weighted by Crippen LogP contribution is 2.10. The minimum Gasteiger partial charge on any atom is -0.384 e. The van der Waals surface area contributed by atoms with E-state index in [0.29, 0.717) is 12.1 Å². The highest BCUT2D eigenvalue weighted by Gasteiger charge is 2.10. The third-order valence-corrected chi connectivity index (χ3v) is 2.06. The molecule has 0 fully saturated rings. The second-order valence-electron chi connectivity index (χ2n) is 3.41. The van der Waals surface area contributed by atoms with Crippen LogP contribution in [0.4, 0.5) is 4.39 Å². The third-order valence-electron chi connectivity index (χ3n) is 2.06. The molecule has 0 bridgehead atoms. The Bertz CT molecular complexity index is 460. The number of amides is 1. The van der Waals surface area contributed by atoms with E-state index in [4.69, 9.17) is 5.11 Å². The zero-order chi connectivity index (χ0) is 12.7. The lowest BCUT2D eigenvalue weighted by molar-refractivity contribution is 0.0953. The van der Waals surface area contributed by atoms with Crippen LogP contribution in [0, 0.1) is 17.7 Å². The van der Waals surface area contributed by atoms with Crippen molar-refractivity contribution in [3.8, 4) is 11.8 Å². The first-order valence-corrected chi connectivity index (χ1v) is 5.36. The standard InChI is InChI=1S/C13H14FNO2/c1-2-7-15-13(17)12-6-5-11(14)9-10(12)4-3-8-16/h5-6,9,16H,2,7-8H2,1H3,(H,15,17). The number of hydrogen-bond donors (Lipinski definition) is 2. The van der Waals surface area contributed by atoms with Crippen LogP contribution in [0.15, 0.2) is 18.2 Å². The Kier molecular flexibility index (Phi) is 5.18. The Labute approximate surface area is 99.7 Å². The van der Waals surface area contributed by atoms with E-state index in [1.807, 2.05) is 6.92 Å². The van der Waals surface area contributed by atoms with E-state index < -0.39 is 5.82 Å². The van der Waals surface area contributed by atoms with Gasteiger partial charge in [-0.25, -0.2) is 4.39 Å². The Hall–Kier alpha value is -1.86. The van der Waals surface area contributed by atoms with Crippen molar-refractivity contribution in [1.82, 2.24) is 5.32 Å². The van der Waals surface area contributed by atoms with Gasteiger partial charge < -0.3 is 10.4 Å². The molecule has 0 aliphatic heterocycles. The maximum atomic E-state index is 13.0. The summed E-state index contributed by atoms with van der Waals surface area (Å²) in [5.41, 5.74) is 0.605. The van der Waals surface area contributed by atoms with Gasteiger partial charge in [-0.2, -0.15) is 0 Å². The van der Waals surface area contributed by atoms with Crippen LogP contribution in [0.5, 0.6) is 0 Å². The van der Waals surface area contributed by atoms with Crippen LogP contribution in [-0.2, 0) is 0 Å². The predicted octanol–water partition coefficient (Wildman–Crippen LogP) is 1.31. The number of hydrogen-bond acceptors (Lipinski definition) is 2. The van der Waals surface area contributed by atoms with Crippen LogP contribution < -0.4 is 5.32 Å². The van der Waals surface area contributed by atoms with E-state index in [-0.39, 0.29) is 18.1 Å². The smallest absolute Gasteiger partial charge is 0.252 e. The Morgan fingerprint density at radius 3 is 2.94 bits per heavy atom. The van der Waals surface area contributed by atoms with Gasteiger partial charge in [0.25, 0.3) is 5.91 Å². The molecule has 3 nitrogen and oxygen atoms in total. The van der Waals surface area contributed by atoms with Crippen LogP contribution in [0.3, 0.4) is 0 Å². The summed E-state index contributed by atoms with van der Waals surface area (Å²) < 4.78 is 13.0. The third kappa shape index (κ3) is 3.89. The molecule has 0 saturated heterocycles. The summed E-state index contributed by atoms with van der Waals surface area (Å²) >= 11 is 0. The summed E-state index contributed by atoms with van der Waals surface area (Å²) in [6.07, 6.45) is 0.824. The molecule has 1 amide bonds. The van der Waals surface area contributed by atoms with Crippen molar-refractivity contribution >= 4 is 5.91 Å². The summed E-state index contributed by atoms with van der Waals surface area (Å²) in [6.45, 7) is 2.17. The van der Waals surface area contributed by atoms with Gasteiger partial charge in [0.15, 0.2) is 0 Å². The largest absolute Gasteiger partial charge is 0.384 e. The topological polar surface area (TPSA) is 49.3 Å². The molecule has 0 heterocycles. The van der Waals surface area contributed by atoms with Crippen molar-refractivity contribution < 1.29 is 14.3 Å². The van der Waals surface area contributed by atoms with Crippen molar-refractivity contribution in [2.45, 2.75) is 13.3 Å². The number of carbonyl (C=O) groups is 1. The van der Waals surface area contributed by atoms with E-state index >= 15 is 0 Å². The van der Waals surface area contributed by atoms with Crippen molar-refractivity contribution in [1.29, 1.82) is 0 Å². The van der Waals surface area contributed by atoms with Crippen LogP contribution >= 0.6 is 0 Å². The van der Waals surface area contributed by atoms with E-state index in [1.165, 1.54) is 18.2 Å². The zero-order valence-corrected chi connectivity index (χ0v) is 9.59. The first-order valence-electron chi connectivity index (χ1n) is 5.36. The zero-order valence-electron chi connectivity index (χ0n) is 9.59. The molecule has 0 atom stereocenters. The van der Waals surface area contributed by atoms with E-state index in [0.717, 1.165) is 6.42 Å². The fourth-order valence-corrected chi connectivity index (χ4v) is 1.29. The van der Waals surface area contributed by atoms with E-state index in [2.05, 4.69) is 17.2 Å². The van der Waals surface area contributed by atoms with Gasteiger partial charge in [-0.1, -0.05) is 18.8 Å². The lowest BCUT2D eigenvalue weighted by atomic mass is 10.1. The lowest BCUT2D eigenvalue weighted by Crippen LogP contribution is -2.24. The molecule has 90 valence electrons. The van der Waals surface area contributed by atoms with Gasteiger partial charge in [0, 0.05) is 12.1 Å². The van der Waals surface area contributed by atoms with Crippen LogP contribution in [0.25, 0.3) is 0 Å². The summed E-state index contributed by atoms with van der Waals surface area (Å²) in [6, 6.07) is 3.79. The fourth-order valence-electron chi connectivity index (χ4n) is 1.29. The molecule has 0 aromatic heterocycles. The number of aliphatic hydroxyl groups is 1. The van der Waals surface area contributed by atoms with Crippen molar-refractivity contribution in [2.75, 3.05) is 13.2 Å². The molecule has 1 aromatic carbocycles. The summed E-state index contributed by atoms with van der Waals surface area (Å²) in [7, 11) is 0. The van der Waals surface area contributed by atoms with Gasteiger partial charge >= 0.3 is 0 Å². The Morgan fingerprint density at radius 2 is 2.29 bits per heavy atom. The molecule has 0 radical (unpaired) electrons. The number of carbonyl (C=O) groups excluding carboxylic acids is 1. The second kappa shape index (κ2) is 6.66.